The molecule has 2 fully saturated rings. The molecule has 0 radical (unpaired) electrons. The topological polar surface area (TPSA) is 70.7 Å². The number of rotatable bonds is 5. The standard InChI is InChI=1S/C16H30N4O.HI/c1-13-6-10-20(11-7-13)16(17)19-9-8-18-15(21)12-14-4-2-3-5-14;/h13-14H,2-12H2,1H3,(H2,17,19)(H,18,21);1H. The smallest absolute Gasteiger partial charge is 0.220 e. The molecule has 1 aliphatic heterocycles. The highest BCUT2D eigenvalue weighted by molar-refractivity contribution is 14.0. The van der Waals surface area contributed by atoms with E-state index in [1.165, 1.54) is 38.5 Å². The first-order chi connectivity index (χ1) is 10.1. The Morgan fingerprint density at radius 3 is 2.50 bits per heavy atom. The minimum Gasteiger partial charge on any atom is -0.370 e. The van der Waals surface area contributed by atoms with E-state index in [1.807, 2.05) is 0 Å². The van der Waals surface area contributed by atoms with E-state index in [2.05, 4.69) is 22.1 Å². The Bertz CT molecular complexity index is 361. The van der Waals surface area contributed by atoms with Crippen molar-refractivity contribution in [1.82, 2.24) is 10.2 Å². The van der Waals surface area contributed by atoms with Gasteiger partial charge in [-0.1, -0.05) is 19.8 Å². The highest BCUT2D eigenvalue weighted by Crippen LogP contribution is 2.27. The summed E-state index contributed by atoms with van der Waals surface area (Å²) in [6.07, 6.45) is 8.06. The predicted molar refractivity (Wildman–Crippen MR) is 101 cm³/mol. The molecule has 1 saturated carbocycles. The molecule has 0 aromatic rings. The van der Waals surface area contributed by atoms with Gasteiger partial charge in [-0.05, 0) is 37.5 Å². The van der Waals surface area contributed by atoms with Gasteiger partial charge >= 0.3 is 0 Å². The minimum atomic E-state index is 0. The Labute approximate surface area is 151 Å². The van der Waals surface area contributed by atoms with E-state index in [-0.39, 0.29) is 29.9 Å². The monoisotopic (exact) mass is 422 g/mol. The molecule has 1 aliphatic carbocycles. The number of carbonyl (C=O) groups is 1. The van der Waals surface area contributed by atoms with Gasteiger partial charge in [-0.15, -0.1) is 24.0 Å². The van der Waals surface area contributed by atoms with Gasteiger partial charge in [-0.3, -0.25) is 9.79 Å². The molecular weight excluding hydrogens is 391 g/mol. The molecule has 2 aliphatic rings. The quantitative estimate of drug-likeness (QED) is 0.309. The maximum absolute atomic E-state index is 11.8. The highest BCUT2D eigenvalue weighted by Gasteiger charge is 2.18. The van der Waals surface area contributed by atoms with Crippen LogP contribution in [0.15, 0.2) is 4.99 Å². The number of nitrogens with one attached hydrogen (secondary N) is 1. The molecule has 1 heterocycles. The van der Waals surface area contributed by atoms with E-state index >= 15 is 0 Å². The molecule has 22 heavy (non-hydrogen) atoms. The first-order valence-corrected chi connectivity index (χ1v) is 8.46. The van der Waals surface area contributed by atoms with Crippen molar-refractivity contribution in [3.63, 3.8) is 0 Å². The van der Waals surface area contributed by atoms with Gasteiger partial charge in [0, 0.05) is 26.1 Å². The van der Waals surface area contributed by atoms with Crippen molar-refractivity contribution in [2.45, 2.75) is 51.9 Å². The van der Waals surface area contributed by atoms with E-state index < -0.39 is 0 Å². The fourth-order valence-corrected chi connectivity index (χ4v) is 3.25. The Hall–Kier alpha value is -0.530. The number of hydrogen-bond acceptors (Lipinski definition) is 2. The second-order valence-corrected chi connectivity index (χ2v) is 6.61. The van der Waals surface area contributed by atoms with Gasteiger partial charge in [0.25, 0.3) is 0 Å². The van der Waals surface area contributed by atoms with Crippen LogP contribution in [0.3, 0.4) is 0 Å². The number of hydrogen-bond donors (Lipinski definition) is 2. The zero-order valence-electron chi connectivity index (χ0n) is 13.7. The second kappa shape index (κ2) is 10.3. The first-order valence-electron chi connectivity index (χ1n) is 8.46. The summed E-state index contributed by atoms with van der Waals surface area (Å²) in [4.78, 5) is 18.3. The van der Waals surface area contributed by atoms with Crippen LogP contribution in [0.25, 0.3) is 0 Å². The van der Waals surface area contributed by atoms with Crippen LogP contribution in [-0.2, 0) is 4.79 Å². The summed E-state index contributed by atoms with van der Waals surface area (Å²) >= 11 is 0. The lowest BCUT2D eigenvalue weighted by Gasteiger charge is -2.31. The summed E-state index contributed by atoms with van der Waals surface area (Å²) in [5, 5.41) is 2.95. The van der Waals surface area contributed by atoms with E-state index in [0.29, 0.717) is 31.4 Å². The summed E-state index contributed by atoms with van der Waals surface area (Å²) in [7, 11) is 0. The van der Waals surface area contributed by atoms with E-state index in [9.17, 15) is 4.79 Å². The van der Waals surface area contributed by atoms with Gasteiger partial charge in [0.15, 0.2) is 5.96 Å². The van der Waals surface area contributed by atoms with Crippen LogP contribution in [0.1, 0.15) is 51.9 Å². The van der Waals surface area contributed by atoms with E-state index in [4.69, 9.17) is 5.73 Å². The van der Waals surface area contributed by atoms with Gasteiger partial charge in [0.05, 0.1) is 6.54 Å². The van der Waals surface area contributed by atoms with Gasteiger partial charge in [-0.2, -0.15) is 0 Å². The molecule has 1 saturated heterocycles. The normalized spacial score (nSPS) is 20.8. The van der Waals surface area contributed by atoms with Crippen LogP contribution in [-0.4, -0.2) is 42.9 Å². The number of guanidine groups is 1. The van der Waals surface area contributed by atoms with Crippen molar-refractivity contribution >= 4 is 35.8 Å². The average molecular weight is 422 g/mol. The summed E-state index contributed by atoms with van der Waals surface area (Å²) in [5.74, 6) is 2.20. The lowest BCUT2D eigenvalue weighted by atomic mass is 10.00. The Kier molecular flexibility index (Phi) is 9.12. The summed E-state index contributed by atoms with van der Waals surface area (Å²) in [6, 6.07) is 0. The lowest BCUT2D eigenvalue weighted by Crippen LogP contribution is -2.42. The SMILES string of the molecule is CC1CCN(C(N)=NCCNC(=O)CC2CCCC2)CC1.I. The molecule has 0 bridgehead atoms. The molecule has 0 unspecified atom stereocenters. The average Bonchev–Trinajstić information content (AvgIpc) is 2.97. The Morgan fingerprint density at radius 2 is 1.86 bits per heavy atom. The number of piperidine rings is 1. The molecule has 2 rings (SSSR count). The van der Waals surface area contributed by atoms with Crippen molar-refractivity contribution < 1.29 is 4.79 Å². The maximum atomic E-state index is 11.8. The van der Waals surface area contributed by atoms with Crippen LogP contribution >= 0.6 is 24.0 Å². The molecular formula is C16H31IN4O. The van der Waals surface area contributed by atoms with Crippen LogP contribution in [0.2, 0.25) is 0 Å². The summed E-state index contributed by atoms with van der Waals surface area (Å²) in [6.45, 7) is 5.46. The third-order valence-electron chi connectivity index (χ3n) is 4.76. The maximum Gasteiger partial charge on any atom is 0.220 e. The number of nitrogens with two attached hydrogens (primary N) is 1. The van der Waals surface area contributed by atoms with Gasteiger partial charge in [0.1, 0.15) is 0 Å². The number of aliphatic imine (C=N–C) groups is 1. The van der Waals surface area contributed by atoms with Crippen LogP contribution in [0.4, 0.5) is 0 Å². The zero-order chi connectivity index (χ0) is 15.1. The minimum absolute atomic E-state index is 0. The number of carbonyl (C=O) groups excluding carboxylic acids is 1. The number of nitrogens with zero attached hydrogens (tertiary/aromatic N) is 2. The molecule has 1 amide bonds. The molecule has 3 N–H and O–H groups in total. The number of halogens is 1. The van der Waals surface area contributed by atoms with E-state index in [1.54, 1.807) is 0 Å². The van der Waals surface area contributed by atoms with Crippen molar-refractivity contribution in [3.8, 4) is 0 Å². The van der Waals surface area contributed by atoms with Gasteiger partial charge in [0.2, 0.25) is 5.91 Å². The predicted octanol–water partition coefficient (Wildman–Crippen LogP) is 2.35. The fourth-order valence-electron chi connectivity index (χ4n) is 3.25. The largest absolute Gasteiger partial charge is 0.370 e. The third kappa shape index (κ3) is 6.71. The van der Waals surface area contributed by atoms with Gasteiger partial charge in [-0.25, -0.2) is 0 Å². The summed E-state index contributed by atoms with van der Waals surface area (Å²) in [5.41, 5.74) is 6.01. The molecule has 128 valence electrons. The number of amides is 1. The second-order valence-electron chi connectivity index (χ2n) is 6.61. The lowest BCUT2D eigenvalue weighted by molar-refractivity contribution is -0.121. The third-order valence-corrected chi connectivity index (χ3v) is 4.76. The molecule has 0 aromatic carbocycles. The van der Waals surface area contributed by atoms with Crippen LogP contribution < -0.4 is 11.1 Å². The van der Waals surface area contributed by atoms with Gasteiger partial charge < -0.3 is 16.0 Å². The molecule has 0 spiro atoms. The highest BCUT2D eigenvalue weighted by atomic mass is 127. The van der Waals surface area contributed by atoms with Crippen LogP contribution in [0.5, 0.6) is 0 Å². The molecule has 0 aromatic heterocycles. The Balaban J connectivity index is 0.00000242. The van der Waals surface area contributed by atoms with Crippen molar-refractivity contribution in [1.29, 1.82) is 0 Å². The number of likely N-dealkylation sites (tertiary alicyclic amines) is 1. The Morgan fingerprint density at radius 1 is 1.23 bits per heavy atom. The molecule has 6 heteroatoms. The van der Waals surface area contributed by atoms with Crippen molar-refractivity contribution in [2.24, 2.45) is 22.6 Å². The van der Waals surface area contributed by atoms with Crippen molar-refractivity contribution in [3.05, 3.63) is 0 Å². The van der Waals surface area contributed by atoms with E-state index in [0.717, 1.165) is 19.0 Å². The fraction of sp³-hybridized carbons (Fsp3) is 0.875. The van der Waals surface area contributed by atoms with Crippen molar-refractivity contribution in [2.75, 3.05) is 26.2 Å². The first kappa shape index (κ1) is 19.5. The summed E-state index contributed by atoms with van der Waals surface area (Å²) < 4.78 is 0. The molecule has 0 atom stereocenters. The zero-order valence-corrected chi connectivity index (χ0v) is 16.1. The van der Waals surface area contributed by atoms with Crippen LogP contribution in [0, 0.1) is 11.8 Å². The molecule has 5 nitrogen and oxygen atoms in total.